The van der Waals surface area contributed by atoms with Crippen LogP contribution >= 0.6 is 0 Å². The van der Waals surface area contributed by atoms with Crippen LogP contribution in [-0.2, 0) is 16.8 Å². The van der Waals surface area contributed by atoms with Gasteiger partial charge in [-0.15, -0.1) is 0 Å². The van der Waals surface area contributed by atoms with Crippen molar-refractivity contribution >= 4 is 17.5 Å². The molecule has 2 heterocycles. The van der Waals surface area contributed by atoms with Gasteiger partial charge in [0.2, 0.25) is 5.91 Å². The smallest absolute Gasteiger partial charge is 0.277 e. The van der Waals surface area contributed by atoms with Crippen LogP contribution in [0.15, 0.2) is 24.3 Å². The summed E-state index contributed by atoms with van der Waals surface area (Å²) in [7, 11) is 3.14. The molecule has 4 rings (SSSR count). The summed E-state index contributed by atoms with van der Waals surface area (Å²) in [5, 5.41) is 8.07. The van der Waals surface area contributed by atoms with Gasteiger partial charge in [0.25, 0.3) is 5.91 Å². The van der Waals surface area contributed by atoms with E-state index in [1.807, 2.05) is 13.0 Å². The van der Waals surface area contributed by atoms with E-state index in [2.05, 4.69) is 26.1 Å². The molecule has 1 N–H and O–H groups in total. The normalized spacial score (nSPS) is 21.4. The molecule has 8 heteroatoms. The van der Waals surface area contributed by atoms with Gasteiger partial charge in [-0.2, -0.15) is 5.10 Å². The summed E-state index contributed by atoms with van der Waals surface area (Å²) in [4.78, 5) is 29.8. The minimum absolute atomic E-state index is 0.0999. The van der Waals surface area contributed by atoms with Gasteiger partial charge >= 0.3 is 0 Å². The molecular weight excluding hydrogens is 456 g/mol. The molecule has 0 saturated heterocycles. The van der Waals surface area contributed by atoms with Crippen LogP contribution in [0.3, 0.4) is 0 Å². The Balaban J connectivity index is 1.80. The fourth-order valence-corrected chi connectivity index (χ4v) is 5.24. The van der Waals surface area contributed by atoms with Crippen molar-refractivity contribution in [3.8, 4) is 11.5 Å². The zero-order chi connectivity index (χ0) is 26.1. The van der Waals surface area contributed by atoms with Crippen molar-refractivity contribution in [3.05, 3.63) is 35.7 Å². The molecule has 1 aromatic carbocycles. The van der Waals surface area contributed by atoms with Crippen molar-refractivity contribution in [1.82, 2.24) is 15.1 Å². The van der Waals surface area contributed by atoms with Crippen LogP contribution in [-0.4, -0.2) is 47.4 Å². The van der Waals surface area contributed by atoms with Gasteiger partial charge in [-0.3, -0.25) is 19.2 Å². The minimum Gasteiger partial charge on any atom is -0.497 e. The second-order valence-corrected chi connectivity index (χ2v) is 11.3. The number of ether oxygens (including phenoxy) is 2. The fourth-order valence-electron chi connectivity index (χ4n) is 5.24. The van der Waals surface area contributed by atoms with Crippen LogP contribution in [0.1, 0.15) is 88.8 Å². The summed E-state index contributed by atoms with van der Waals surface area (Å²) < 4.78 is 12.8. The molecule has 196 valence electrons. The number of carbonyl (C=O) groups excluding carboxylic acids is 2. The first-order chi connectivity index (χ1) is 17.1. The molecule has 0 bridgehead atoms. The van der Waals surface area contributed by atoms with Crippen molar-refractivity contribution < 1.29 is 19.1 Å². The van der Waals surface area contributed by atoms with E-state index in [1.165, 1.54) is 19.3 Å². The molecule has 2 amide bonds. The van der Waals surface area contributed by atoms with Crippen LogP contribution in [0.25, 0.3) is 0 Å². The highest BCUT2D eigenvalue weighted by Crippen LogP contribution is 2.41. The summed E-state index contributed by atoms with van der Waals surface area (Å²) in [6.45, 7) is 8.26. The first-order valence-electron chi connectivity index (χ1n) is 13.0. The van der Waals surface area contributed by atoms with Gasteiger partial charge < -0.3 is 14.8 Å². The highest BCUT2D eigenvalue weighted by Gasteiger charge is 2.50. The highest BCUT2D eigenvalue weighted by atomic mass is 16.5. The van der Waals surface area contributed by atoms with E-state index in [1.54, 1.807) is 42.0 Å². The second-order valence-electron chi connectivity index (χ2n) is 11.3. The van der Waals surface area contributed by atoms with Crippen molar-refractivity contribution in [2.45, 2.75) is 96.2 Å². The maximum atomic E-state index is 14.1. The quantitative estimate of drug-likeness (QED) is 0.640. The predicted molar refractivity (Wildman–Crippen MR) is 140 cm³/mol. The molecule has 0 spiro atoms. The van der Waals surface area contributed by atoms with Gasteiger partial charge in [0.05, 0.1) is 32.1 Å². The molecule has 1 fully saturated rings. The number of methoxy groups -OCH3 is 2. The fraction of sp³-hybridized carbons (Fsp3) is 0.607. The lowest BCUT2D eigenvalue weighted by atomic mass is 9.90. The second kappa shape index (κ2) is 10.1. The van der Waals surface area contributed by atoms with Crippen molar-refractivity contribution in [1.29, 1.82) is 0 Å². The molecule has 1 atom stereocenters. The van der Waals surface area contributed by atoms with E-state index in [0.717, 1.165) is 31.4 Å². The van der Waals surface area contributed by atoms with Crippen molar-refractivity contribution in [3.63, 3.8) is 0 Å². The summed E-state index contributed by atoms with van der Waals surface area (Å²) in [5.74, 6) is 0.616. The molecule has 2 aliphatic rings. The first-order valence-corrected chi connectivity index (χ1v) is 13.0. The van der Waals surface area contributed by atoms with E-state index < -0.39 is 5.54 Å². The Kier molecular flexibility index (Phi) is 7.34. The van der Waals surface area contributed by atoms with Crippen LogP contribution < -0.4 is 19.7 Å². The van der Waals surface area contributed by atoms with Gasteiger partial charge in [-0.25, -0.2) is 0 Å². The van der Waals surface area contributed by atoms with Gasteiger partial charge in [-0.05, 0) is 38.0 Å². The number of nitrogens with one attached hydrogen (secondary N) is 1. The molecule has 0 radical (unpaired) electrons. The van der Waals surface area contributed by atoms with Crippen LogP contribution in [0.4, 0.5) is 5.69 Å². The number of hydrogen-bond acceptors (Lipinski definition) is 5. The third-order valence-corrected chi connectivity index (χ3v) is 7.48. The van der Waals surface area contributed by atoms with Gasteiger partial charge in [0.15, 0.2) is 0 Å². The molecule has 8 nitrogen and oxygen atoms in total. The maximum absolute atomic E-state index is 14.1. The van der Waals surface area contributed by atoms with Crippen LogP contribution in [0.2, 0.25) is 0 Å². The zero-order valence-electron chi connectivity index (χ0n) is 22.5. The molecule has 1 aromatic heterocycles. The van der Waals surface area contributed by atoms with E-state index >= 15 is 0 Å². The van der Waals surface area contributed by atoms with E-state index in [4.69, 9.17) is 14.6 Å². The Morgan fingerprint density at radius 1 is 1.06 bits per heavy atom. The minimum atomic E-state index is -1.22. The largest absolute Gasteiger partial charge is 0.497 e. The Morgan fingerprint density at radius 3 is 2.33 bits per heavy atom. The number of anilines is 1. The van der Waals surface area contributed by atoms with Gasteiger partial charge in [0, 0.05) is 17.5 Å². The third kappa shape index (κ3) is 4.95. The average Bonchev–Trinajstić information content (AvgIpc) is 3.25. The third-order valence-electron chi connectivity index (χ3n) is 7.48. The Hall–Kier alpha value is -3.03. The Bertz CT molecular complexity index is 1110. The molecule has 1 saturated carbocycles. The summed E-state index contributed by atoms with van der Waals surface area (Å²) in [5.41, 5.74) is 0.324. The summed E-state index contributed by atoms with van der Waals surface area (Å²) in [6, 6.07) is 7.25. The Labute approximate surface area is 214 Å². The summed E-state index contributed by atoms with van der Waals surface area (Å²) in [6.07, 6.45) is 7.77. The molecule has 2 aromatic rings. The lowest BCUT2D eigenvalue weighted by Crippen LogP contribution is -2.65. The zero-order valence-corrected chi connectivity index (χ0v) is 22.5. The number of hydrogen-bond donors (Lipinski definition) is 1. The number of nitrogens with zero attached hydrogens (tertiary/aromatic N) is 3. The lowest BCUT2D eigenvalue weighted by molar-refractivity contribution is -0.127. The maximum Gasteiger partial charge on any atom is 0.277 e. The molecule has 1 unspecified atom stereocenters. The molecular formula is C28H40N4O4. The number of amides is 2. The van der Waals surface area contributed by atoms with Crippen molar-refractivity contribution in [2.24, 2.45) is 0 Å². The van der Waals surface area contributed by atoms with E-state index in [-0.39, 0.29) is 29.8 Å². The van der Waals surface area contributed by atoms with E-state index in [9.17, 15) is 9.59 Å². The topological polar surface area (TPSA) is 85.7 Å². The molecule has 1 aliphatic heterocycles. The lowest BCUT2D eigenvalue weighted by Gasteiger charge is -2.44. The molecule has 1 aliphatic carbocycles. The number of benzene rings is 1. The monoisotopic (exact) mass is 496 g/mol. The SMILES string of the molecule is COc1ccc(OC)c(N2C(=O)c3cc(C(C)(C)C)nn3CC2(C)C(=O)NC2CCCCCCC2)c1. The van der Waals surface area contributed by atoms with Crippen molar-refractivity contribution in [2.75, 3.05) is 19.1 Å². The first kappa shape index (κ1) is 26.0. The Morgan fingerprint density at radius 2 is 1.72 bits per heavy atom. The highest BCUT2D eigenvalue weighted by molar-refractivity contribution is 6.12. The van der Waals surface area contributed by atoms with E-state index in [0.29, 0.717) is 22.9 Å². The number of fused-ring (bicyclic) bond motifs is 1. The van der Waals surface area contributed by atoms with Crippen LogP contribution in [0, 0.1) is 0 Å². The van der Waals surface area contributed by atoms with Crippen LogP contribution in [0.5, 0.6) is 11.5 Å². The van der Waals surface area contributed by atoms with Gasteiger partial charge in [-0.1, -0.05) is 52.9 Å². The molecule has 36 heavy (non-hydrogen) atoms. The van der Waals surface area contributed by atoms with Gasteiger partial charge in [0.1, 0.15) is 22.7 Å². The number of carbonyl (C=O) groups is 2. The average molecular weight is 497 g/mol. The standard InChI is InChI=1S/C28H40N4O4/c1-27(2,3)24-17-22-25(33)32(21-16-20(35-5)14-15-23(21)36-6)28(4,18-31(22)30-24)26(34)29-19-12-10-8-7-9-11-13-19/h14-17,19H,7-13,18H2,1-6H3,(H,29,34). The summed E-state index contributed by atoms with van der Waals surface area (Å²) >= 11 is 0. The number of rotatable bonds is 5. The predicted octanol–water partition coefficient (Wildman–Crippen LogP) is 4.85. The number of aromatic nitrogens is 2.